The predicted molar refractivity (Wildman–Crippen MR) is 85.0 cm³/mol. The molecule has 3 rings (SSSR count). The van der Waals surface area contributed by atoms with Crippen molar-refractivity contribution in [2.75, 3.05) is 0 Å². The van der Waals surface area contributed by atoms with Gasteiger partial charge in [-0.3, -0.25) is 14.8 Å². The minimum absolute atomic E-state index is 0.0271. The van der Waals surface area contributed by atoms with E-state index in [9.17, 15) is 9.18 Å². The molecule has 4 nitrogen and oxygen atoms in total. The average molecular weight is 307 g/mol. The highest BCUT2D eigenvalue weighted by Gasteiger charge is 2.12. The number of carbonyl (C=O) groups excluding carboxylic acids is 1. The minimum atomic E-state index is -0.538. The van der Waals surface area contributed by atoms with Crippen molar-refractivity contribution < 1.29 is 9.18 Å². The topological polar surface area (TPSA) is 54.9 Å². The molecule has 0 bridgehead atoms. The van der Waals surface area contributed by atoms with Gasteiger partial charge in [0, 0.05) is 30.7 Å². The summed E-state index contributed by atoms with van der Waals surface area (Å²) in [5, 5.41) is 2.73. The summed E-state index contributed by atoms with van der Waals surface area (Å²) in [5.41, 5.74) is 2.47. The highest BCUT2D eigenvalue weighted by molar-refractivity contribution is 5.94. The molecule has 0 atom stereocenters. The first-order valence-corrected chi connectivity index (χ1v) is 7.13. The molecule has 0 fully saturated rings. The fraction of sp³-hybridized carbons (Fsp3) is 0.0556. The standard InChI is InChI=1S/C18H14FN3O/c19-16-8-2-1-7-15(16)18(23)22-12-14-6-4-10-21-17(14)13-5-3-9-20-11-13/h1-11H,12H2,(H,22,23). The summed E-state index contributed by atoms with van der Waals surface area (Å²) in [4.78, 5) is 20.5. The fourth-order valence-electron chi connectivity index (χ4n) is 2.26. The number of carbonyl (C=O) groups is 1. The van der Waals surface area contributed by atoms with Crippen LogP contribution in [-0.2, 0) is 6.54 Å². The van der Waals surface area contributed by atoms with Crippen LogP contribution in [0.5, 0.6) is 0 Å². The minimum Gasteiger partial charge on any atom is -0.348 e. The second-order valence-electron chi connectivity index (χ2n) is 4.92. The molecule has 114 valence electrons. The van der Waals surface area contributed by atoms with Crippen molar-refractivity contribution in [1.82, 2.24) is 15.3 Å². The fourth-order valence-corrected chi connectivity index (χ4v) is 2.26. The summed E-state index contributed by atoms with van der Waals surface area (Å²) in [6.07, 6.45) is 5.08. The lowest BCUT2D eigenvalue weighted by Gasteiger charge is -2.10. The summed E-state index contributed by atoms with van der Waals surface area (Å²) in [6.45, 7) is 0.255. The van der Waals surface area contributed by atoms with Gasteiger partial charge in [-0.15, -0.1) is 0 Å². The molecule has 0 radical (unpaired) electrons. The molecule has 0 aliphatic carbocycles. The van der Waals surface area contributed by atoms with Crippen molar-refractivity contribution in [3.8, 4) is 11.3 Å². The second kappa shape index (κ2) is 6.79. The molecule has 0 unspecified atom stereocenters. The van der Waals surface area contributed by atoms with Gasteiger partial charge in [0.1, 0.15) is 5.82 Å². The molecule has 3 aromatic rings. The van der Waals surface area contributed by atoms with E-state index in [4.69, 9.17) is 0 Å². The lowest BCUT2D eigenvalue weighted by molar-refractivity contribution is 0.0947. The molecule has 0 saturated heterocycles. The second-order valence-corrected chi connectivity index (χ2v) is 4.92. The lowest BCUT2D eigenvalue weighted by Crippen LogP contribution is -2.24. The zero-order valence-electron chi connectivity index (χ0n) is 12.2. The molecule has 2 heterocycles. The molecule has 0 aliphatic heterocycles. The SMILES string of the molecule is O=C(NCc1cccnc1-c1cccnc1)c1ccccc1F. The number of aromatic nitrogens is 2. The average Bonchev–Trinajstić information content (AvgIpc) is 2.61. The van der Waals surface area contributed by atoms with E-state index in [2.05, 4.69) is 15.3 Å². The largest absolute Gasteiger partial charge is 0.348 e. The Labute approximate surface area is 133 Å². The first-order valence-electron chi connectivity index (χ1n) is 7.13. The van der Waals surface area contributed by atoms with Crippen molar-refractivity contribution >= 4 is 5.91 Å². The number of amides is 1. The number of rotatable bonds is 4. The third-order valence-corrected chi connectivity index (χ3v) is 3.38. The Balaban J connectivity index is 1.79. The van der Waals surface area contributed by atoms with Gasteiger partial charge in [-0.05, 0) is 35.9 Å². The number of benzene rings is 1. The molecule has 2 aromatic heterocycles. The first kappa shape index (κ1) is 14.8. The molecule has 1 aromatic carbocycles. The van der Waals surface area contributed by atoms with Crippen molar-refractivity contribution in [2.45, 2.75) is 6.54 Å². The predicted octanol–water partition coefficient (Wildman–Crippen LogP) is 3.21. The third-order valence-electron chi connectivity index (χ3n) is 3.38. The van der Waals surface area contributed by atoms with Gasteiger partial charge in [0.25, 0.3) is 5.91 Å². The van der Waals surface area contributed by atoms with Crippen LogP contribution in [0, 0.1) is 5.82 Å². The van der Waals surface area contributed by atoms with Crippen molar-refractivity contribution in [3.05, 3.63) is 84.1 Å². The monoisotopic (exact) mass is 307 g/mol. The maximum Gasteiger partial charge on any atom is 0.254 e. The van der Waals surface area contributed by atoms with Crippen LogP contribution in [0.4, 0.5) is 4.39 Å². The number of pyridine rings is 2. The molecular formula is C18H14FN3O. The van der Waals surface area contributed by atoms with Crippen LogP contribution in [0.25, 0.3) is 11.3 Å². The van der Waals surface area contributed by atoms with E-state index in [0.29, 0.717) is 0 Å². The Morgan fingerprint density at radius 3 is 2.65 bits per heavy atom. The Bertz CT molecular complexity index is 821. The van der Waals surface area contributed by atoms with Crippen LogP contribution < -0.4 is 5.32 Å². The van der Waals surface area contributed by atoms with Gasteiger partial charge in [0.05, 0.1) is 11.3 Å². The van der Waals surface area contributed by atoms with Gasteiger partial charge in [-0.25, -0.2) is 4.39 Å². The molecular weight excluding hydrogens is 293 g/mol. The van der Waals surface area contributed by atoms with Crippen molar-refractivity contribution in [1.29, 1.82) is 0 Å². The van der Waals surface area contributed by atoms with Gasteiger partial charge in [-0.2, -0.15) is 0 Å². The highest BCUT2D eigenvalue weighted by atomic mass is 19.1. The summed E-state index contributed by atoms with van der Waals surface area (Å²) in [6, 6.07) is 13.3. The van der Waals surface area contributed by atoms with Gasteiger partial charge < -0.3 is 5.32 Å². The quantitative estimate of drug-likeness (QED) is 0.805. The third kappa shape index (κ3) is 3.40. The maximum atomic E-state index is 13.6. The molecule has 5 heteroatoms. The van der Waals surface area contributed by atoms with Crippen LogP contribution in [-0.4, -0.2) is 15.9 Å². The van der Waals surface area contributed by atoms with E-state index >= 15 is 0 Å². The molecule has 0 aliphatic rings. The molecule has 1 amide bonds. The zero-order valence-corrected chi connectivity index (χ0v) is 12.2. The van der Waals surface area contributed by atoms with Gasteiger partial charge in [-0.1, -0.05) is 18.2 Å². The Kier molecular flexibility index (Phi) is 4.38. The van der Waals surface area contributed by atoms with Crippen LogP contribution in [0.3, 0.4) is 0 Å². The lowest BCUT2D eigenvalue weighted by atomic mass is 10.1. The summed E-state index contributed by atoms with van der Waals surface area (Å²) in [7, 11) is 0. The summed E-state index contributed by atoms with van der Waals surface area (Å²) in [5.74, 6) is -0.993. The summed E-state index contributed by atoms with van der Waals surface area (Å²) < 4.78 is 13.6. The Morgan fingerprint density at radius 1 is 1.04 bits per heavy atom. The molecule has 23 heavy (non-hydrogen) atoms. The number of hydrogen-bond donors (Lipinski definition) is 1. The molecule has 1 N–H and O–H groups in total. The summed E-state index contributed by atoms with van der Waals surface area (Å²) >= 11 is 0. The van der Waals surface area contributed by atoms with Crippen molar-refractivity contribution in [3.63, 3.8) is 0 Å². The maximum absolute atomic E-state index is 13.6. The van der Waals surface area contributed by atoms with Crippen LogP contribution in [0.1, 0.15) is 15.9 Å². The van der Waals surface area contributed by atoms with Crippen LogP contribution in [0.15, 0.2) is 67.1 Å². The Hall–Kier alpha value is -3.08. The van der Waals surface area contributed by atoms with Crippen LogP contribution >= 0.6 is 0 Å². The smallest absolute Gasteiger partial charge is 0.254 e. The number of halogens is 1. The van der Waals surface area contributed by atoms with E-state index in [1.165, 1.54) is 12.1 Å². The number of nitrogens with one attached hydrogen (secondary N) is 1. The van der Waals surface area contributed by atoms with E-state index in [1.54, 1.807) is 36.8 Å². The normalized spacial score (nSPS) is 10.3. The van der Waals surface area contributed by atoms with E-state index in [0.717, 1.165) is 16.8 Å². The number of hydrogen-bond acceptors (Lipinski definition) is 3. The number of nitrogens with zero attached hydrogens (tertiary/aromatic N) is 2. The van der Waals surface area contributed by atoms with Gasteiger partial charge >= 0.3 is 0 Å². The van der Waals surface area contributed by atoms with E-state index < -0.39 is 11.7 Å². The highest BCUT2D eigenvalue weighted by Crippen LogP contribution is 2.20. The van der Waals surface area contributed by atoms with Gasteiger partial charge in [0.2, 0.25) is 0 Å². The van der Waals surface area contributed by atoms with Gasteiger partial charge in [0.15, 0.2) is 0 Å². The van der Waals surface area contributed by atoms with Crippen LogP contribution in [0.2, 0.25) is 0 Å². The van der Waals surface area contributed by atoms with E-state index in [1.807, 2.05) is 18.2 Å². The Morgan fingerprint density at radius 2 is 1.87 bits per heavy atom. The zero-order chi connectivity index (χ0) is 16.1. The molecule has 0 spiro atoms. The van der Waals surface area contributed by atoms with Crippen molar-refractivity contribution in [2.24, 2.45) is 0 Å². The van der Waals surface area contributed by atoms with E-state index in [-0.39, 0.29) is 12.1 Å². The molecule has 0 saturated carbocycles. The first-order chi connectivity index (χ1) is 11.3.